The van der Waals surface area contributed by atoms with Crippen molar-refractivity contribution in [3.05, 3.63) is 29.3 Å². The van der Waals surface area contributed by atoms with Crippen molar-refractivity contribution in [1.82, 2.24) is 14.8 Å². The number of rotatable bonds is 2. The number of fused-ring (bicyclic) bond motifs is 1. The van der Waals surface area contributed by atoms with Crippen molar-refractivity contribution in [2.75, 3.05) is 0 Å². The molecule has 21 heavy (non-hydrogen) atoms. The lowest BCUT2D eigenvalue weighted by Gasteiger charge is -2.21. The molecule has 0 spiro atoms. The molecule has 0 saturated heterocycles. The molecule has 1 atom stereocenters. The highest BCUT2D eigenvalue weighted by molar-refractivity contribution is 5.97. The van der Waals surface area contributed by atoms with Gasteiger partial charge in [-0.05, 0) is 26.0 Å². The summed E-state index contributed by atoms with van der Waals surface area (Å²) >= 11 is 0. The number of pyridine rings is 1. The van der Waals surface area contributed by atoms with Crippen LogP contribution in [0.5, 0.6) is 5.88 Å². The summed E-state index contributed by atoms with van der Waals surface area (Å²) in [5, 5.41) is 13.6. The van der Waals surface area contributed by atoms with Gasteiger partial charge in [0.2, 0.25) is 11.8 Å². The highest BCUT2D eigenvalue weighted by atomic mass is 19.1. The van der Waals surface area contributed by atoms with Crippen molar-refractivity contribution in [2.45, 2.75) is 32.9 Å². The summed E-state index contributed by atoms with van der Waals surface area (Å²) in [7, 11) is 0. The summed E-state index contributed by atoms with van der Waals surface area (Å²) in [6.07, 6.45) is 0.628. The molecule has 1 N–H and O–H groups in total. The van der Waals surface area contributed by atoms with E-state index in [1.807, 2.05) is 6.92 Å². The quantitative estimate of drug-likeness (QED) is 0.859. The molecule has 3 rings (SSSR count). The van der Waals surface area contributed by atoms with Crippen molar-refractivity contribution in [3.8, 4) is 17.1 Å². The number of aromatic nitrogens is 3. The fourth-order valence-corrected chi connectivity index (χ4v) is 2.35. The second-order valence-corrected chi connectivity index (χ2v) is 5.07. The summed E-state index contributed by atoms with van der Waals surface area (Å²) in [6.45, 7) is 4.06. The van der Waals surface area contributed by atoms with Gasteiger partial charge in [0.05, 0.1) is 11.7 Å². The van der Waals surface area contributed by atoms with E-state index in [9.17, 15) is 14.3 Å². The van der Waals surface area contributed by atoms with E-state index in [1.54, 1.807) is 13.0 Å². The molecule has 2 aromatic heterocycles. The fraction of sp³-hybridized carbons (Fsp3) is 0.357. The molecule has 6 nitrogen and oxygen atoms in total. The van der Waals surface area contributed by atoms with E-state index in [0.29, 0.717) is 12.2 Å². The molecule has 0 aliphatic carbocycles. The first-order chi connectivity index (χ1) is 9.97. The van der Waals surface area contributed by atoms with Gasteiger partial charge in [-0.25, -0.2) is 14.5 Å². The van der Waals surface area contributed by atoms with Gasteiger partial charge < -0.3 is 9.84 Å². The van der Waals surface area contributed by atoms with Gasteiger partial charge in [0, 0.05) is 18.7 Å². The Labute approximate surface area is 120 Å². The first-order valence-electron chi connectivity index (χ1n) is 6.61. The van der Waals surface area contributed by atoms with Crippen LogP contribution in [0.4, 0.5) is 4.39 Å². The number of aryl methyl sites for hydroxylation is 2. The number of ether oxygens (including phenoxy) is 1. The van der Waals surface area contributed by atoms with Crippen LogP contribution < -0.4 is 4.74 Å². The molecule has 0 radical (unpaired) electrons. The van der Waals surface area contributed by atoms with Gasteiger partial charge in [-0.15, -0.1) is 0 Å². The van der Waals surface area contributed by atoms with E-state index >= 15 is 0 Å². The Balaban J connectivity index is 2.21. The van der Waals surface area contributed by atoms with E-state index in [0.717, 1.165) is 6.42 Å². The Hall–Kier alpha value is -2.44. The van der Waals surface area contributed by atoms with Gasteiger partial charge in [-0.1, -0.05) is 0 Å². The van der Waals surface area contributed by atoms with Crippen LogP contribution in [0.3, 0.4) is 0 Å². The van der Waals surface area contributed by atoms with Gasteiger partial charge in [-0.3, -0.25) is 0 Å². The third kappa shape index (κ3) is 2.24. The molecule has 0 saturated carbocycles. The average molecular weight is 291 g/mol. The Morgan fingerprint density at radius 1 is 1.52 bits per heavy atom. The summed E-state index contributed by atoms with van der Waals surface area (Å²) in [4.78, 5) is 15.3. The van der Waals surface area contributed by atoms with Crippen LogP contribution in [0.15, 0.2) is 12.1 Å². The second-order valence-electron chi connectivity index (χ2n) is 5.07. The first-order valence-corrected chi connectivity index (χ1v) is 6.61. The van der Waals surface area contributed by atoms with Crippen molar-refractivity contribution >= 4 is 5.97 Å². The SMILES string of the molecule is Cc1ccc(-c2nn3c(c2C(=O)O)O[C@H](C)CC3)c(F)n1. The molecule has 0 unspecified atom stereocenters. The van der Waals surface area contributed by atoms with Gasteiger partial charge in [-0.2, -0.15) is 9.49 Å². The Kier molecular flexibility index (Phi) is 3.12. The fourth-order valence-electron chi connectivity index (χ4n) is 2.35. The smallest absolute Gasteiger partial charge is 0.343 e. The van der Waals surface area contributed by atoms with E-state index in [4.69, 9.17) is 4.74 Å². The maximum absolute atomic E-state index is 14.0. The van der Waals surface area contributed by atoms with E-state index < -0.39 is 11.9 Å². The van der Waals surface area contributed by atoms with Gasteiger partial charge >= 0.3 is 5.97 Å². The molecule has 3 heterocycles. The van der Waals surface area contributed by atoms with E-state index in [1.165, 1.54) is 10.7 Å². The number of carboxylic acids is 1. The van der Waals surface area contributed by atoms with Crippen LogP contribution in [0.25, 0.3) is 11.3 Å². The molecular weight excluding hydrogens is 277 g/mol. The van der Waals surface area contributed by atoms with Crippen LogP contribution in [-0.2, 0) is 6.54 Å². The zero-order chi connectivity index (χ0) is 15.1. The maximum atomic E-state index is 14.0. The van der Waals surface area contributed by atoms with Crippen LogP contribution in [0.1, 0.15) is 29.4 Å². The lowest BCUT2D eigenvalue weighted by Crippen LogP contribution is -2.24. The van der Waals surface area contributed by atoms with Crippen molar-refractivity contribution < 1.29 is 19.0 Å². The minimum Gasteiger partial charge on any atom is -0.477 e. The molecule has 0 amide bonds. The number of aromatic carboxylic acids is 1. The van der Waals surface area contributed by atoms with Crippen molar-refractivity contribution in [2.24, 2.45) is 0 Å². The van der Waals surface area contributed by atoms with Crippen molar-refractivity contribution in [1.29, 1.82) is 0 Å². The number of carboxylic acid groups (broad SMARTS) is 1. The Morgan fingerprint density at radius 3 is 2.95 bits per heavy atom. The lowest BCUT2D eigenvalue weighted by atomic mass is 10.1. The molecule has 110 valence electrons. The molecule has 0 fully saturated rings. The monoisotopic (exact) mass is 291 g/mol. The summed E-state index contributed by atoms with van der Waals surface area (Å²) < 4.78 is 21.1. The standard InChI is InChI=1S/C14H14FN3O3/c1-7-3-4-9(12(15)16-7)11-10(14(19)20)13-18(17-11)6-5-8(2)21-13/h3-4,8H,5-6H2,1-2H3,(H,19,20)/t8-/m1/s1. The largest absolute Gasteiger partial charge is 0.477 e. The molecule has 7 heteroatoms. The van der Waals surface area contributed by atoms with Gasteiger partial charge in [0.1, 0.15) is 11.3 Å². The van der Waals surface area contributed by atoms with Crippen LogP contribution in [0.2, 0.25) is 0 Å². The Bertz CT molecular complexity index is 726. The molecule has 1 aliphatic heterocycles. The lowest BCUT2D eigenvalue weighted by molar-refractivity contribution is 0.0684. The van der Waals surface area contributed by atoms with E-state index in [-0.39, 0.29) is 28.8 Å². The predicted molar refractivity (Wildman–Crippen MR) is 71.8 cm³/mol. The zero-order valence-electron chi connectivity index (χ0n) is 11.6. The van der Waals surface area contributed by atoms with Crippen LogP contribution in [-0.4, -0.2) is 31.9 Å². The molecule has 1 aliphatic rings. The minimum absolute atomic E-state index is 0.0524. The van der Waals surface area contributed by atoms with Gasteiger partial charge in [0.25, 0.3) is 0 Å². The zero-order valence-corrected chi connectivity index (χ0v) is 11.6. The number of nitrogens with zero attached hydrogens (tertiary/aromatic N) is 3. The van der Waals surface area contributed by atoms with Crippen LogP contribution in [0, 0.1) is 12.9 Å². The summed E-state index contributed by atoms with van der Waals surface area (Å²) in [6, 6.07) is 3.10. The highest BCUT2D eigenvalue weighted by Crippen LogP contribution is 2.34. The minimum atomic E-state index is -1.19. The first kappa shape index (κ1) is 13.5. The summed E-state index contributed by atoms with van der Waals surface area (Å²) in [5.41, 5.74) is 0.515. The molecular formula is C14H14FN3O3. The van der Waals surface area contributed by atoms with Crippen molar-refractivity contribution in [3.63, 3.8) is 0 Å². The normalized spacial score (nSPS) is 17.2. The average Bonchev–Trinajstić information content (AvgIpc) is 2.76. The number of hydrogen-bond acceptors (Lipinski definition) is 4. The third-order valence-corrected chi connectivity index (χ3v) is 3.42. The molecule has 0 bridgehead atoms. The second kappa shape index (κ2) is 4.83. The topological polar surface area (TPSA) is 77.2 Å². The number of hydrogen-bond donors (Lipinski definition) is 1. The highest BCUT2D eigenvalue weighted by Gasteiger charge is 2.31. The third-order valence-electron chi connectivity index (χ3n) is 3.42. The molecule has 0 aromatic carbocycles. The predicted octanol–water partition coefficient (Wildman–Crippen LogP) is 2.26. The maximum Gasteiger partial charge on any atom is 0.343 e. The number of carbonyl (C=O) groups is 1. The number of halogens is 1. The Morgan fingerprint density at radius 2 is 2.29 bits per heavy atom. The molecule has 2 aromatic rings. The van der Waals surface area contributed by atoms with Gasteiger partial charge in [0.15, 0.2) is 0 Å². The van der Waals surface area contributed by atoms with E-state index in [2.05, 4.69) is 10.1 Å². The summed E-state index contributed by atoms with van der Waals surface area (Å²) in [5.74, 6) is -1.75. The van der Waals surface area contributed by atoms with Crippen LogP contribution >= 0.6 is 0 Å².